The number of carbonyl (C=O) groups excluding carboxylic acids is 1. The van der Waals surface area contributed by atoms with Crippen LogP contribution in [-0.2, 0) is 24.1 Å². The zero-order valence-electron chi connectivity index (χ0n) is 9.76. The lowest BCUT2D eigenvalue weighted by atomic mass is 10.1. The minimum Gasteiger partial charge on any atom is -0.463 e. The van der Waals surface area contributed by atoms with Crippen LogP contribution in [0, 0.1) is 5.92 Å². The molecule has 0 N–H and O–H groups in total. The van der Waals surface area contributed by atoms with Crippen molar-refractivity contribution < 1.29 is 22.7 Å². The van der Waals surface area contributed by atoms with Crippen LogP contribution in [0.3, 0.4) is 0 Å². The minimum atomic E-state index is -3.02. The molecule has 2 heterocycles. The van der Waals surface area contributed by atoms with Gasteiger partial charge >= 0.3 is 5.97 Å². The van der Waals surface area contributed by atoms with E-state index < -0.39 is 15.8 Å². The van der Waals surface area contributed by atoms with E-state index in [1.807, 2.05) is 0 Å². The van der Waals surface area contributed by atoms with Gasteiger partial charge in [0.1, 0.15) is 6.61 Å². The van der Waals surface area contributed by atoms with Crippen molar-refractivity contribution in [2.24, 2.45) is 5.92 Å². The third kappa shape index (κ3) is 3.67. The molecule has 2 fully saturated rings. The summed E-state index contributed by atoms with van der Waals surface area (Å²) in [5, 5.41) is 0. The van der Waals surface area contributed by atoms with E-state index in [1.165, 1.54) is 0 Å². The number of sulfone groups is 1. The van der Waals surface area contributed by atoms with Crippen LogP contribution in [0.15, 0.2) is 0 Å². The molecule has 2 unspecified atom stereocenters. The zero-order chi connectivity index (χ0) is 12.3. The van der Waals surface area contributed by atoms with Crippen LogP contribution < -0.4 is 0 Å². The summed E-state index contributed by atoms with van der Waals surface area (Å²) in [6.07, 6.45) is 3.46. The molecule has 0 aromatic heterocycles. The third-order valence-corrected chi connectivity index (χ3v) is 5.02. The SMILES string of the molecule is O=C(OCC1CCCCO1)C1CCS(=O)(=O)C1. The summed E-state index contributed by atoms with van der Waals surface area (Å²) in [7, 11) is -3.02. The van der Waals surface area contributed by atoms with Gasteiger partial charge in [-0.05, 0) is 25.7 Å². The van der Waals surface area contributed by atoms with Crippen LogP contribution in [0.4, 0.5) is 0 Å². The van der Waals surface area contributed by atoms with Crippen LogP contribution in [0.1, 0.15) is 25.7 Å². The average molecular weight is 262 g/mol. The number of hydrogen-bond donors (Lipinski definition) is 0. The molecule has 0 radical (unpaired) electrons. The lowest BCUT2D eigenvalue weighted by molar-refractivity contribution is -0.153. The molecule has 6 heteroatoms. The predicted molar refractivity (Wildman–Crippen MR) is 61.3 cm³/mol. The van der Waals surface area contributed by atoms with Crippen LogP contribution in [0.5, 0.6) is 0 Å². The number of carbonyl (C=O) groups is 1. The van der Waals surface area contributed by atoms with Crippen molar-refractivity contribution in [1.82, 2.24) is 0 Å². The summed E-state index contributed by atoms with van der Waals surface area (Å²) >= 11 is 0. The molecule has 0 aromatic carbocycles. The van der Waals surface area contributed by atoms with Gasteiger partial charge in [0.15, 0.2) is 9.84 Å². The van der Waals surface area contributed by atoms with Gasteiger partial charge < -0.3 is 9.47 Å². The second-order valence-corrected chi connectivity index (χ2v) is 6.95. The van der Waals surface area contributed by atoms with Crippen LogP contribution in [0.25, 0.3) is 0 Å². The van der Waals surface area contributed by atoms with Crippen molar-refractivity contribution in [3.8, 4) is 0 Å². The molecule has 2 atom stereocenters. The highest BCUT2D eigenvalue weighted by Gasteiger charge is 2.34. The Morgan fingerprint density at radius 1 is 1.29 bits per heavy atom. The fraction of sp³-hybridized carbons (Fsp3) is 0.909. The molecule has 17 heavy (non-hydrogen) atoms. The van der Waals surface area contributed by atoms with E-state index in [-0.39, 0.29) is 30.2 Å². The van der Waals surface area contributed by atoms with E-state index in [0.717, 1.165) is 25.9 Å². The monoisotopic (exact) mass is 262 g/mol. The fourth-order valence-electron chi connectivity index (χ4n) is 2.21. The van der Waals surface area contributed by atoms with Gasteiger partial charge in [-0.15, -0.1) is 0 Å². The van der Waals surface area contributed by atoms with E-state index in [1.54, 1.807) is 0 Å². The maximum atomic E-state index is 11.6. The average Bonchev–Trinajstić information content (AvgIpc) is 2.68. The van der Waals surface area contributed by atoms with Crippen molar-refractivity contribution in [2.45, 2.75) is 31.8 Å². The summed E-state index contributed by atoms with van der Waals surface area (Å²) in [4.78, 5) is 11.6. The van der Waals surface area contributed by atoms with Crippen molar-refractivity contribution in [3.05, 3.63) is 0 Å². The summed E-state index contributed by atoms with van der Waals surface area (Å²) in [6, 6.07) is 0. The molecule has 2 aliphatic heterocycles. The van der Waals surface area contributed by atoms with E-state index in [2.05, 4.69) is 0 Å². The summed E-state index contributed by atoms with van der Waals surface area (Å²) in [5.74, 6) is -0.812. The number of hydrogen-bond acceptors (Lipinski definition) is 5. The first kappa shape index (κ1) is 12.8. The molecule has 2 saturated heterocycles. The molecule has 0 amide bonds. The van der Waals surface area contributed by atoms with Gasteiger partial charge in [-0.3, -0.25) is 4.79 Å². The lowest BCUT2D eigenvalue weighted by Gasteiger charge is -2.22. The van der Waals surface area contributed by atoms with Gasteiger partial charge in [-0.2, -0.15) is 0 Å². The first-order valence-electron chi connectivity index (χ1n) is 6.05. The largest absolute Gasteiger partial charge is 0.463 e. The van der Waals surface area contributed by atoms with Gasteiger partial charge in [0.05, 0.1) is 23.5 Å². The van der Waals surface area contributed by atoms with Gasteiger partial charge in [-0.25, -0.2) is 8.42 Å². The highest BCUT2D eigenvalue weighted by atomic mass is 32.2. The predicted octanol–water partition coefficient (Wildman–Crippen LogP) is 0.533. The summed E-state index contributed by atoms with van der Waals surface area (Å²) in [5.41, 5.74) is 0. The molecule has 2 aliphatic rings. The van der Waals surface area contributed by atoms with Crippen LogP contribution >= 0.6 is 0 Å². The quantitative estimate of drug-likeness (QED) is 0.694. The maximum Gasteiger partial charge on any atom is 0.310 e. The Morgan fingerprint density at radius 2 is 2.12 bits per heavy atom. The highest BCUT2D eigenvalue weighted by molar-refractivity contribution is 7.91. The van der Waals surface area contributed by atoms with E-state index in [0.29, 0.717) is 6.42 Å². The van der Waals surface area contributed by atoms with Gasteiger partial charge in [0, 0.05) is 6.61 Å². The Kier molecular flexibility index (Phi) is 4.04. The Hall–Kier alpha value is -0.620. The first-order valence-corrected chi connectivity index (χ1v) is 7.88. The molecule has 0 aliphatic carbocycles. The van der Waals surface area contributed by atoms with E-state index >= 15 is 0 Å². The molecule has 98 valence electrons. The van der Waals surface area contributed by atoms with Crippen molar-refractivity contribution in [1.29, 1.82) is 0 Å². The first-order chi connectivity index (χ1) is 8.07. The molecule has 2 rings (SSSR count). The molecule has 5 nitrogen and oxygen atoms in total. The Bertz CT molecular complexity index is 369. The second kappa shape index (κ2) is 5.35. The van der Waals surface area contributed by atoms with Gasteiger partial charge in [0.25, 0.3) is 0 Å². The Balaban J connectivity index is 1.74. The van der Waals surface area contributed by atoms with Crippen molar-refractivity contribution in [3.63, 3.8) is 0 Å². The standard InChI is InChI=1S/C11H18O5S/c12-11(9-4-6-17(13,14)8-9)16-7-10-3-1-2-5-15-10/h9-10H,1-8H2. The number of esters is 1. The Morgan fingerprint density at radius 3 is 2.71 bits per heavy atom. The van der Waals surface area contributed by atoms with Crippen LogP contribution in [0.2, 0.25) is 0 Å². The lowest BCUT2D eigenvalue weighted by Crippen LogP contribution is -2.28. The van der Waals surface area contributed by atoms with Crippen molar-refractivity contribution in [2.75, 3.05) is 24.7 Å². The maximum absolute atomic E-state index is 11.6. The molecule has 0 aromatic rings. The summed E-state index contributed by atoms with van der Waals surface area (Å²) in [6.45, 7) is 0.982. The van der Waals surface area contributed by atoms with Crippen LogP contribution in [-0.4, -0.2) is 45.2 Å². The molecule has 0 spiro atoms. The second-order valence-electron chi connectivity index (χ2n) is 4.72. The topological polar surface area (TPSA) is 69.7 Å². The fourth-order valence-corrected chi connectivity index (χ4v) is 3.94. The number of rotatable bonds is 3. The minimum absolute atomic E-state index is 0.00860. The van der Waals surface area contributed by atoms with E-state index in [4.69, 9.17) is 9.47 Å². The molecular formula is C11H18O5S. The number of ether oxygens (including phenoxy) is 2. The van der Waals surface area contributed by atoms with Gasteiger partial charge in [0.2, 0.25) is 0 Å². The van der Waals surface area contributed by atoms with Gasteiger partial charge in [-0.1, -0.05) is 0 Å². The molecule has 0 saturated carbocycles. The normalized spacial score (nSPS) is 32.2. The van der Waals surface area contributed by atoms with Crippen molar-refractivity contribution >= 4 is 15.8 Å². The zero-order valence-corrected chi connectivity index (χ0v) is 10.6. The highest BCUT2D eigenvalue weighted by Crippen LogP contribution is 2.20. The molecule has 0 bridgehead atoms. The smallest absolute Gasteiger partial charge is 0.310 e. The van der Waals surface area contributed by atoms with E-state index in [9.17, 15) is 13.2 Å². The molecular weight excluding hydrogens is 244 g/mol. The third-order valence-electron chi connectivity index (χ3n) is 3.25. The Labute approximate surface area is 101 Å². The summed E-state index contributed by atoms with van der Waals surface area (Å²) < 4.78 is 33.0.